The van der Waals surface area contributed by atoms with Gasteiger partial charge >= 0.3 is 0 Å². The number of nitrogens with one attached hydrogen (secondary N) is 1. The molecule has 1 aromatic carbocycles. The van der Waals surface area contributed by atoms with Gasteiger partial charge in [0.05, 0.1) is 23.8 Å². The van der Waals surface area contributed by atoms with E-state index in [0.717, 1.165) is 18.8 Å². The molecule has 3 rings (SSSR count). The van der Waals surface area contributed by atoms with Crippen molar-refractivity contribution in [1.29, 1.82) is 0 Å². The SMILES string of the molecule is Cc1csc(NC(=O)CN(CCN2CCOCC2)C(=O)c2ccc(C)c([N+](=O)[O-])c2)n1. The van der Waals surface area contributed by atoms with Crippen LogP contribution in [0.2, 0.25) is 0 Å². The van der Waals surface area contributed by atoms with Crippen LogP contribution in [0.1, 0.15) is 21.6 Å². The van der Waals surface area contributed by atoms with Crippen molar-refractivity contribution in [1.82, 2.24) is 14.8 Å². The zero-order valence-corrected chi connectivity index (χ0v) is 18.3. The highest BCUT2D eigenvalue weighted by Crippen LogP contribution is 2.20. The van der Waals surface area contributed by atoms with E-state index in [1.165, 1.54) is 22.3 Å². The molecular weight excluding hydrogens is 422 g/mol. The van der Waals surface area contributed by atoms with Crippen LogP contribution in [0.4, 0.5) is 10.8 Å². The number of hydrogen-bond donors (Lipinski definition) is 1. The van der Waals surface area contributed by atoms with E-state index in [1.807, 2.05) is 12.3 Å². The van der Waals surface area contributed by atoms with Gasteiger partial charge in [0.1, 0.15) is 6.54 Å². The number of thiazole rings is 1. The quantitative estimate of drug-likeness (QED) is 0.486. The summed E-state index contributed by atoms with van der Waals surface area (Å²) in [4.78, 5) is 44.3. The number of morpholine rings is 1. The number of ether oxygens (including phenoxy) is 1. The molecule has 1 saturated heterocycles. The van der Waals surface area contributed by atoms with Gasteiger partial charge in [-0.15, -0.1) is 11.3 Å². The first-order chi connectivity index (χ1) is 14.8. The number of nitro benzene ring substituents is 1. The highest BCUT2D eigenvalue weighted by Gasteiger charge is 2.23. The molecule has 10 nitrogen and oxygen atoms in total. The third-order valence-electron chi connectivity index (χ3n) is 4.93. The molecule has 0 bridgehead atoms. The Hall–Kier alpha value is -2.89. The molecule has 2 aromatic rings. The average Bonchev–Trinajstić information content (AvgIpc) is 3.15. The maximum atomic E-state index is 13.2. The molecule has 0 saturated carbocycles. The summed E-state index contributed by atoms with van der Waals surface area (Å²) in [5.41, 5.74) is 1.32. The second-order valence-corrected chi connectivity index (χ2v) is 8.14. The van der Waals surface area contributed by atoms with Crippen molar-refractivity contribution in [3.05, 3.63) is 50.5 Å². The summed E-state index contributed by atoms with van der Waals surface area (Å²) >= 11 is 1.31. The number of aryl methyl sites for hydroxylation is 2. The lowest BCUT2D eigenvalue weighted by Crippen LogP contribution is -2.45. The molecule has 1 aliphatic heterocycles. The summed E-state index contributed by atoms with van der Waals surface area (Å²) in [6.07, 6.45) is 0. The number of hydrogen-bond acceptors (Lipinski definition) is 8. The molecule has 1 fully saturated rings. The Labute approximate surface area is 184 Å². The zero-order chi connectivity index (χ0) is 22.4. The largest absolute Gasteiger partial charge is 0.379 e. The monoisotopic (exact) mass is 447 g/mol. The van der Waals surface area contributed by atoms with Crippen molar-refractivity contribution in [2.45, 2.75) is 13.8 Å². The Bertz CT molecular complexity index is 957. The van der Waals surface area contributed by atoms with Crippen LogP contribution in [-0.4, -0.2) is 77.5 Å². The van der Waals surface area contributed by atoms with Crippen molar-refractivity contribution in [2.75, 3.05) is 51.3 Å². The van der Waals surface area contributed by atoms with E-state index in [0.29, 0.717) is 37.0 Å². The Balaban J connectivity index is 1.74. The van der Waals surface area contributed by atoms with Gasteiger partial charge in [-0.3, -0.25) is 24.6 Å². The summed E-state index contributed by atoms with van der Waals surface area (Å²) < 4.78 is 5.35. The lowest BCUT2D eigenvalue weighted by atomic mass is 10.1. The number of rotatable bonds is 8. The molecule has 2 amide bonds. The van der Waals surface area contributed by atoms with Gasteiger partial charge in [-0.05, 0) is 19.9 Å². The Kier molecular flexibility index (Phi) is 7.66. The van der Waals surface area contributed by atoms with Gasteiger partial charge < -0.3 is 15.0 Å². The number of aromatic nitrogens is 1. The summed E-state index contributed by atoms with van der Waals surface area (Å²) in [6, 6.07) is 4.36. The summed E-state index contributed by atoms with van der Waals surface area (Å²) in [6.45, 7) is 6.91. The molecule has 1 aliphatic rings. The second-order valence-electron chi connectivity index (χ2n) is 7.28. The molecular formula is C20H25N5O5S. The van der Waals surface area contributed by atoms with E-state index in [9.17, 15) is 19.7 Å². The Morgan fingerprint density at radius 3 is 2.71 bits per heavy atom. The van der Waals surface area contributed by atoms with Crippen LogP contribution >= 0.6 is 11.3 Å². The van der Waals surface area contributed by atoms with E-state index < -0.39 is 10.8 Å². The van der Waals surface area contributed by atoms with E-state index in [1.54, 1.807) is 19.1 Å². The molecule has 1 N–H and O–H groups in total. The third kappa shape index (κ3) is 6.29. The Morgan fingerprint density at radius 1 is 1.32 bits per heavy atom. The topological polar surface area (TPSA) is 118 Å². The fourth-order valence-electron chi connectivity index (χ4n) is 3.20. The first-order valence-electron chi connectivity index (χ1n) is 9.90. The van der Waals surface area contributed by atoms with Crippen LogP contribution < -0.4 is 5.32 Å². The summed E-state index contributed by atoms with van der Waals surface area (Å²) in [7, 11) is 0. The maximum absolute atomic E-state index is 13.2. The van der Waals surface area contributed by atoms with E-state index >= 15 is 0 Å². The molecule has 1 aromatic heterocycles. The average molecular weight is 448 g/mol. The molecule has 2 heterocycles. The number of anilines is 1. The van der Waals surface area contributed by atoms with Crippen molar-refractivity contribution >= 4 is 34.0 Å². The number of carbonyl (C=O) groups excluding carboxylic acids is 2. The smallest absolute Gasteiger partial charge is 0.273 e. The lowest BCUT2D eigenvalue weighted by molar-refractivity contribution is -0.385. The van der Waals surface area contributed by atoms with Crippen LogP contribution in [0.25, 0.3) is 0 Å². The first-order valence-corrected chi connectivity index (χ1v) is 10.8. The van der Waals surface area contributed by atoms with Gasteiger partial charge in [0.25, 0.3) is 11.6 Å². The highest BCUT2D eigenvalue weighted by atomic mass is 32.1. The summed E-state index contributed by atoms with van der Waals surface area (Å²) in [5.74, 6) is -0.798. The highest BCUT2D eigenvalue weighted by molar-refractivity contribution is 7.13. The predicted octanol–water partition coefficient (Wildman–Crippen LogP) is 2.08. The number of benzene rings is 1. The number of amides is 2. The lowest BCUT2D eigenvalue weighted by Gasteiger charge is -2.30. The molecule has 31 heavy (non-hydrogen) atoms. The molecule has 166 valence electrons. The molecule has 11 heteroatoms. The van der Waals surface area contributed by atoms with Gasteiger partial charge in [0.2, 0.25) is 5.91 Å². The third-order valence-corrected chi connectivity index (χ3v) is 5.81. The van der Waals surface area contributed by atoms with Gasteiger partial charge in [-0.25, -0.2) is 4.98 Å². The molecule has 0 radical (unpaired) electrons. The van der Waals surface area contributed by atoms with Crippen molar-refractivity contribution in [3.63, 3.8) is 0 Å². The van der Waals surface area contributed by atoms with E-state index in [4.69, 9.17) is 4.74 Å². The zero-order valence-electron chi connectivity index (χ0n) is 17.5. The van der Waals surface area contributed by atoms with E-state index in [-0.39, 0.29) is 23.7 Å². The van der Waals surface area contributed by atoms with Crippen LogP contribution in [0, 0.1) is 24.0 Å². The van der Waals surface area contributed by atoms with E-state index in [2.05, 4.69) is 15.2 Å². The fraction of sp³-hybridized carbons (Fsp3) is 0.450. The minimum atomic E-state index is -0.512. The van der Waals surface area contributed by atoms with Crippen LogP contribution in [0.15, 0.2) is 23.6 Å². The van der Waals surface area contributed by atoms with Gasteiger partial charge in [-0.2, -0.15) is 0 Å². The van der Waals surface area contributed by atoms with Crippen molar-refractivity contribution < 1.29 is 19.2 Å². The number of nitro groups is 1. The van der Waals surface area contributed by atoms with Crippen LogP contribution in [-0.2, 0) is 9.53 Å². The fourth-order valence-corrected chi connectivity index (χ4v) is 3.91. The minimum Gasteiger partial charge on any atom is -0.379 e. The summed E-state index contributed by atoms with van der Waals surface area (Å²) in [5, 5.41) is 16.3. The van der Waals surface area contributed by atoms with Crippen LogP contribution in [0.5, 0.6) is 0 Å². The molecule has 0 atom stereocenters. The predicted molar refractivity (Wildman–Crippen MR) is 116 cm³/mol. The second kappa shape index (κ2) is 10.4. The standard InChI is InChI=1S/C20H25N5O5S/c1-14-3-4-16(11-17(14)25(28)29)19(27)24(6-5-23-7-9-30-10-8-23)12-18(26)22-20-21-15(2)13-31-20/h3-4,11,13H,5-10,12H2,1-2H3,(H,21,22,26). The van der Waals surface area contributed by atoms with Crippen LogP contribution in [0.3, 0.4) is 0 Å². The molecule has 0 spiro atoms. The number of carbonyl (C=O) groups is 2. The Morgan fingerprint density at radius 2 is 2.06 bits per heavy atom. The minimum absolute atomic E-state index is 0.123. The maximum Gasteiger partial charge on any atom is 0.273 e. The normalized spacial score (nSPS) is 14.3. The van der Waals surface area contributed by atoms with Crippen molar-refractivity contribution in [3.8, 4) is 0 Å². The van der Waals surface area contributed by atoms with Gasteiger partial charge in [0, 0.05) is 48.8 Å². The first kappa shape index (κ1) is 22.8. The molecule has 0 unspecified atom stereocenters. The van der Waals surface area contributed by atoms with Crippen molar-refractivity contribution in [2.24, 2.45) is 0 Å². The number of nitrogens with zero attached hydrogens (tertiary/aromatic N) is 4. The molecule has 0 aliphatic carbocycles. The van der Waals surface area contributed by atoms with Gasteiger partial charge in [0.15, 0.2) is 5.13 Å². The van der Waals surface area contributed by atoms with Gasteiger partial charge in [-0.1, -0.05) is 6.07 Å².